The average Bonchev–Trinajstić information content (AvgIpc) is 4.05. The van der Waals surface area contributed by atoms with Gasteiger partial charge >= 0.3 is 0 Å². The Morgan fingerprint density at radius 2 is 1.02 bits per heavy atom. The molecule has 0 N–H and O–H groups in total. The number of rotatable bonds is 5. The zero-order valence-electron chi connectivity index (χ0n) is 33.6. The minimum Gasteiger partial charge on any atom is -0.456 e. The highest BCUT2D eigenvalue weighted by molar-refractivity contribution is 6.25. The molecule has 0 unspecified atom stereocenters. The van der Waals surface area contributed by atoms with Crippen LogP contribution in [0.1, 0.15) is 25.0 Å². The molecular weight excluding hydrogens is 747 g/mol. The molecule has 4 heteroatoms. The van der Waals surface area contributed by atoms with E-state index in [1.54, 1.807) is 0 Å². The summed E-state index contributed by atoms with van der Waals surface area (Å²) >= 11 is 0. The van der Waals surface area contributed by atoms with Gasteiger partial charge in [0.25, 0.3) is 0 Å². The summed E-state index contributed by atoms with van der Waals surface area (Å²) in [4.78, 5) is 2.40. The van der Waals surface area contributed by atoms with Crippen molar-refractivity contribution in [3.8, 4) is 33.4 Å². The second kappa shape index (κ2) is 12.6. The van der Waals surface area contributed by atoms with Crippen molar-refractivity contribution in [3.63, 3.8) is 0 Å². The van der Waals surface area contributed by atoms with Crippen LogP contribution in [0.3, 0.4) is 0 Å². The van der Waals surface area contributed by atoms with Crippen molar-refractivity contribution < 1.29 is 13.3 Å². The van der Waals surface area contributed by atoms with Crippen LogP contribution in [-0.2, 0) is 5.41 Å². The maximum absolute atomic E-state index is 7.04. The molecule has 288 valence electrons. The molecule has 13 rings (SSSR count). The summed E-state index contributed by atoms with van der Waals surface area (Å²) in [6, 6.07) is 66.8. The fourth-order valence-electron chi connectivity index (χ4n) is 10.2. The predicted octanol–water partition coefficient (Wildman–Crippen LogP) is 16.5. The average molecular weight is 784 g/mol. The third-order valence-electron chi connectivity index (χ3n) is 13.1. The standard InChI is InChI=1S/C57H37NO3/c1-57(2)45-21-9-6-16-39(45)40-31-30-37(32-46(40)57)58(36-28-26-34(27-29-36)38-19-12-20-42-41-17-7-10-23-48(41)60-55(38)42)47-22-13-25-50-53(47)44-33-51-54(43-18-8-11-24-49(43)59-51)52(56(44)61-50)35-14-4-3-5-15-35/h3-33H,1-2H3. The first-order chi connectivity index (χ1) is 30.0. The summed E-state index contributed by atoms with van der Waals surface area (Å²) in [6.07, 6.45) is 0. The Bertz CT molecular complexity index is 3730. The Morgan fingerprint density at radius 1 is 0.377 bits per heavy atom. The van der Waals surface area contributed by atoms with Crippen LogP contribution in [0.15, 0.2) is 201 Å². The maximum Gasteiger partial charge on any atom is 0.144 e. The molecule has 0 amide bonds. The van der Waals surface area contributed by atoms with Crippen molar-refractivity contribution in [2.24, 2.45) is 0 Å². The lowest BCUT2D eigenvalue weighted by atomic mass is 9.82. The molecular formula is C57H37NO3. The highest BCUT2D eigenvalue weighted by atomic mass is 16.3. The summed E-state index contributed by atoms with van der Waals surface area (Å²) in [5.41, 5.74) is 17.6. The van der Waals surface area contributed by atoms with Gasteiger partial charge in [0.05, 0.1) is 11.1 Å². The van der Waals surface area contributed by atoms with E-state index in [0.717, 1.165) is 105 Å². The minimum atomic E-state index is -0.172. The number of hydrogen-bond donors (Lipinski definition) is 0. The number of nitrogens with zero attached hydrogens (tertiary/aromatic N) is 1. The molecule has 1 aliphatic carbocycles. The first kappa shape index (κ1) is 34.1. The van der Waals surface area contributed by atoms with E-state index >= 15 is 0 Å². The van der Waals surface area contributed by atoms with Gasteiger partial charge in [-0.2, -0.15) is 0 Å². The van der Waals surface area contributed by atoms with Gasteiger partial charge in [-0.25, -0.2) is 0 Å². The van der Waals surface area contributed by atoms with Crippen molar-refractivity contribution in [3.05, 3.63) is 199 Å². The molecule has 9 aromatic carbocycles. The van der Waals surface area contributed by atoms with Gasteiger partial charge in [0, 0.05) is 54.8 Å². The summed E-state index contributed by atoms with van der Waals surface area (Å²) < 4.78 is 20.2. The summed E-state index contributed by atoms with van der Waals surface area (Å²) in [6.45, 7) is 4.68. The third kappa shape index (κ3) is 4.87. The van der Waals surface area contributed by atoms with E-state index in [4.69, 9.17) is 13.3 Å². The van der Waals surface area contributed by atoms with Crippen LogP contribution < -0.4 is 4.90 Å². The second-order valence-corrected chi connectivity index (χ2v) is 16.8. The van der Waals surface area contributed by atoms with Gasteiger partial charge in [0.1, 0.15) is 33.5 Å². The number of hydrogen-bond acceptors (Lipinski definition) is 4. The fraction of sp³-hybridized carbons (Fsp3) is 0.0526. The predicted molar refractivity (Wildman–Crippen MR) is 251 cm³/mol. The van der Waals surface area contributed by atoms with E-state index in [-0.39, 0.29) is 5.41 Å². The first-order valence-electron chi connectivity index (χ1n) is 20.9. The zero-order chi connectivity index (χ0) is 40.4. The molecule has 12 aromatic rings. The summed E-state index contributed by atoms with van der Waals surface area (Å²) in [5, 5.41) is 6.40. The van der Waals surface area contributed by atoms with Crippen molar-refractivity contribution in [1.82, 2.24) is 0 Å². The number of furan rings is 3. The normalized spacial score (nSPS) is 13.2. The van der Waals surface area contributed by atoms with Crippen LogP contribution in [-0.4, -0.2) is 0 Å². The Morgan fingerprint density at radius 3 is 1.87 bits per heavy atom. The molecule has 3 heterocycles. The molecule has 0 atom stereocenters. The highest BCUT2D eigenvalue weighted by Crippen LogP contribution is 2.53. The topological polar surface area (TPSA) is 42.7 Å². The summed E-state index contributed by atoms with van der Waals surface area (Å²) in [7, 11) is 0. The van der Waals surface area contributed by atoms with Crippen LogP contribution in [0.5, 0.6) is 0 Å². The van der Waals surface area contributed by atoms with Crippen LogP contribution >= 0.6 is 0 Å². The number of fused-ring (bicyclic) bond motifs is 12. The molecule has 0 aliphatic heterocycles. The number of benzene rings is 9. The van der Waals surface area contributed by atoms with Gasteiger partial charge in [-0.1, -0.05) is 147 Å². The molecule has 0 bridgehead atoms. The maximum atomic E-state index is 7.04. The second-order valence-electron chi connectivity index (χ2n) is 16.8. The van der Waals surface area contributed by atoms with Gasteiger partial charge < -0.3 is 18.2 Å². The van der Waals surface area contributed by atoms with Crippen molar-refractivity contribution in [2.75, 3.05) is 4.90 Å². The lowest BCUT2D eigenvalue weighted by Gasteiger charge is -2.28. The fourth-order valence-corrected chi connectivity index (χ4v) is 10.2. The molecule has 0 spiro atoms. The first-order valence-corrected chi connectivity index (χ1v) is 20.9. The van der Waals surface area contributed by atoms with E-state index in [9.17, 15) is 0 Å². The van der Waals surface area contributed by atoms with Gasteiger partial charge in [-0.05, 0) is 88.0 Å². The molecule has 61 heavy (non-hydrogen) atoms. The monoisotopic (exact) mass is 783 g/mol. The minimum absolute atomic E-state index is 0.172. The highest BCUT2D eigenvalue weighted by Gasteiger charge is 2.36. The van der Waals surface area contributed by atoms with E-state index in [0.29, 0.717) is 0 Å². The summed E-state index contributed by atoms with van der Waals surface area (Å²) in [5.74, 6) is 0. The SMILES string of the molecule is CC1(C)c2ccccc2-c2ccc(N(c3ccc(-c4cccc5c4oc4ccccc45)cc3)c3cccc4oc5c(-c6ccccc6)c6c(cc5c34)oc3ccccc36)cc21. The van der Waals surface area contributed by atoms with Gasteiger partial charge in [0.15, 0.2) is 0 Å². The lowest BCUT2D eigenvalue weighted by Crippen LogP contribution is -2.16. The third-order valence-corrected chi connectivity index (χ3v) is 13.1. The lowest BCUT2D eigenvalue weighted by molar-refractivity contribution is 0.660. The Hall–Kier alpha value is -7.82. The molecule has 0 saturated carbocycles. The van der Waals surface area contributed by atoms with Crippen molar-refractivity contribution in [2.45, 2.75) is 19.3 Å². The Labute approximate surface area is 351 Å². The van der Waals surface area contributed by atoms with E-state index in [1.165, 1.54) is 22.3 Å². The number of para-hydroxylation sites is 3. The van der Waals surface area contributed by atoms with Crippen LogP contribution in [0.25, 0.3) is 99.2 Å². The van der Waals surface area contributed by atoms with Gasteiger partial charge in [-0.3, -0.25) is 0 Å². The van der Waals surface area contributed by atoms with Gasteiger partial charge in [-0.15, -0.1) is 0 Å². The zero-order valence-corrected chi connectivity index (χ0v) is 33.6. The molecule has 0 radical (unpaired) electrons. The quantitative estimate of drug-likeness (QED) is 0.174. The molecule has 0 fully saturated rings. The Kier molecular flexibility index (Phi) is 7.04. The van der Waals surface area contributed by atoms with Gasteiger partial charge in [0.2, 0.25) is 0 Å². The van der Waals surface area contributed by atoms with Crippen molar-refractivity contribution in [1.29, 1.82) is 0 Å². The van der Waals surface area contributed by atoms with E-state index in [1.807, 2.05) is 24.3 Å². The van der Waals surface area contributed by atoms with E-state index in [2.05, 4.69) is 183 Å². The molecule has 4 nitrogen and oxygen atoms in total. The van der Waals surface area contributed by atoms with Crippen LogP contribution in [0.2, 0.25) is 0 Å². The largest absolute Gasteiger partial charge is 0.456 e. The molecule has 3 aromatic heterocycles. The molecule has 1 aliphatic rings. The van der Waals surface area contributed by atoms with Crippen molar-refractivity contribution >= 4 is 82.9 Å². The van der Waals surface area contributed by atoms with E-state index < -0.39 is 0 Å². The molecule has 0 saturated heterocycles. The Balaban J connectivity index is 1.06. The number of anilines is 3. The smallest absolute Gasteiger partial charge is 0.144 e. The van der Waals surface area contributed by atoms with Crippen LogP contribution in [0, 0.1) is 0 Å². The van der Waals surface area contributed by atoms with Crippen LogP contribution in [0.4, 0.5) is 17.1 Å².